The van der Waals surface area contributed by atoms with Crippen LogP contribution in [0.2, 0.25) is 5.02 Å². The molecule has 5 heteroatoms. The van der Waals surface area contributed by atoms with Gasteiger partial charge < -0.3 is 5.11 Å². The van der Waals surface area contributed by atoms with Crippen LogP contribution in [0.4, 0.5) is 0 Å². The molecule has 0 aliphatic carbocycles. The van der Waals surface area contributed by atoms with Crippen LogP contribution in [0.1, 0.15) is 35.7 Å². The average Bonchev–Trinajstić information content (AvgIpc) is 3.01. The fourth-order valence-electron chi connectivity index (χ4n) is 3.18. The Morgan fingerprint density at radius 3 is 2.65 bits per heavy atom. The molecule has 1 N–H and O–H groups in total. The fourth-order valence-corrected chi connectivity index (χ4v) is 3.31. The zero-order chi connectivity index (χ0) is 16.4. The number of rotatable bonds is 4. The second-order valence-corrected chi connectivity index (χ2v) is 6.39. The van der Waals surface area contributed by atoms with E-state index in [1.165, 1.54) is 0 Å². The highest BCUT2D eigenvalue weighted by molar-refractivity contribution is 6.30. The molecular weight excluding hydrogens is 312 g/mol. The Bertz CT molecular complexity index is 640. The first-order valence-corrected chi connectivity index (χ1v) is 8.10. The molecular formula is C18H19ClN2O2. The number of benzene rings is 1. The fraction of sp³-hybridized carbons (Fsp3) is 0.333. The third kappa shape index (κ3) is 3.38. The zero-order valence-corrected chi connectivity index (χ0v) is 13.7. The highest BCUT2D eigenvalue weighted by Crippen LogP contribution is 2.34. The van der Waals surface area contributed by atoms with Crippen molar-refractivity contribution >= 4 is 17.6 Å². The number of carboxylic acids is 1. The number of nitrogens with zero attached hydrogens (tertiary/aromatic N) is 2. The van der Waals surface area contributed by atoms with Crippen LogP contribution in [0.15, 0.2) is 42.6 Å². The summed E-state index contributed by atoms with van der Waals surface area (Å²) in [7, 11) is 0. The van der Waals surface area contributed by atoms with Gasteiger partial charge in [0, 0.05) is 17.8 Å². The molecule has 120 valence electrons. The molecule has 23 heavy (non-hydrogen) atoms. The monoisotopic (exact) mass is 330 g/mol. The quantitative estimate of drug-likeness (QED) is 0.929. The van der Waals surface area contributed by atoms with Crippen LogP contribution in [-0.4, -0.2) is 33.5 Å². The Hall–Kier alpha value is -1.91. The van der Waals surface area contributed by atoms with Gasteiger partial charge in [-0.05, 0) is 49.1 Å². The number of aliphatic carboxylic acids is 1. The van der Waals surface area contributed by atoms with Crippen LogP contribution in [0, 0.1) is 6.92 Å². The van der Waals surface area contributed by atoms with Crippen molar-refractivity contribution in [1.29, 1.82) is 0 Å². The van der Waals surface area contributed by atoms with Gasteiger partial charge in [-0.15, -0.1) is 0 Å². The Morgan fingerprint density at radius 2 is 2.04 bits per heavy atom. The van der Waals surface area contributed by atoms with E-state index in [-0.39, 0.29) is 6.04 Å². The molecule has 0 radical (unpaired) electrons. The Kier molecular flexibility index (Phi) is 4.64. The van der Waals surface area contributed by atoms with Gasteiger partial charge >= 0.3 is 5.97 Å². The summed E-state index contributed by atoms with van der Waals surface area (Å²) in [5.74, 6) is -0.770. The largest absolute Gasteiger partial charge is 0.480 e. The molecule has 2 atom stereocenters. The predicted octanol–water partition coefficient (Wildman–Crippen LogP) is 3.68. The average molecular weight is 331 g/mol. The van der Waals surface area contributed by atoms with Crippen LogP contribution >= 0.6 is 11.6 Å². The Balaban J connectivity index is 2.04. The van der Waals surface area contributed by atoms with Gasteiger partial charge in [-0.3, -0.25) is 14.7 Å². The van der Waals surface area contributed by atoms with Crippen molar-refractivity contribution in [3.05, 3.63) is 64.4 Å². The minimum atomic E-state index is -0.770. The lowest BCUT2D eigenvalue weighted by Gasteiger charge is -2.31. The summed E-state index contributed by atoms with van der Waals surface area (Å²) in [4.78, 5) is 18.2. The molecule has 2 aromatic rings. The van der Waals surface area contributed by atoms with Gasteiger partial charge in [-0.25, -0.2) is 0 Å². The summed E-state index contributed by atoms with van der Waals surface area (Å²) in [5.41, 5.74) is 2.96. The summed E-state index contributed by atoms with van der Waals surface area (Å²) in [6.07, 6.45) is 3.38. The molecule has 1 fully saturated rings. The van der Waals surface area contributed by atoms with Crippen molar-refractivity contribution in [3.8, 4) is 0 Å². The van der Waals surface area contributed by atoms with Crippen LogP contribution in [0.25, 0.3) is 0 Å². The second kappa shape index (κ2) is 6.69. The maximum absolute atomic E-state index is 11.6. The third-order valence-corrected chi connectivity index (χ3v) is 4.56. The van der Waals surface area contributed by atoms with Crippen molar-refractivity contribution in [2.24, 2.45) is 0 Å². The summed E-state index contributed by atoms with van der Waals surface area (Å²) in [5, 5.41) is 10.2. The lowest BCUT2D eigenvalue weighted by atomic mass is 10.00. The Labute approximate surface area is 140 Å². The van der Waals surface area contributed by atoms with Gasteiger partial charge in [0.1, 0.15) is 6.04 Å². The number of aryl methyl sites for hydroxylation is 1. The molecule has 2 heterocycles. The van der Waals surface area contributed by atoms with Crippen molar-refractivity contribution in [1.82, 2.24) is 9.88 Å². The van der Waals surface area contributed by atoms with Crippen molar-refractivity contribution in [2.45, 2.75) is 31.8 Å². The van der Waals surface area contributed by atoms with Crippen molar-refractivity contribution in [3.63, 3.8) is 0 Å². The molecule has 1 aromatic heterocycles. The topological polar surface area (TPSA) is 53.4 Å². The zero-order valence-electron chi connectivity index (χ0n) is 12.9. The highest BCUT2D eigenvalue weighted by atomic mass is 35.5. The summed E-state index contributed by atoms with van der Waals surface area (Å²) in [6, 6.07) is 10.9. The number of carboxylic acid groups (broad SMARTS) is 1. The number of carbonyl (C=O) groups is 1. The van der Waals surface area contributed by atoms with E-state index in [4.69, 9.17) is 11.6 Å². The number of hydrogen-bond acceptors (Lipinski definition) is 3. The van der Waals surface area contributed by atoms with E-state index in [9.17, 15) is 9.90 Å². The summed E-state index contributed by atoms with van der Waals surface area (Å²) >= 11 is 6.00. The first kappa shape index (κ1) is 16.0. The standard InChI is InChI=1S/C18H19ClN2O2/c1-12-4-9-15(20-11-12)17(13-5-7-14(19)8-6-13)21-10-2-3-16(21)18(22)23/h4-9,11,16-17H,2-3,10H2,1H3,(H,22,23). The Morgan fingerprint density at radius 1 is 1.30 bits per heavy atom. The molecule has 3 rings (SSSR count). The molecule has 0 spiro atoms. The summed E-state index contributed by atoms with van der Waals surface area (Å²) in [6.45, 7) is 2.74. The van der Waals surface area contributed by atoms with Crippen LogP contribution < -0.4 is 0 Å². The second-order valence-electron chi connectivity index (χ2n) is 5.95. The molecule has 2 unspecified atom stereocenters. The molecule has 0 bridgehead atoms. The third-order valence-electron chi connectivity index (χ3n) is 4.31. The number of pyridine rings is 1. The van der Waals surface area contributed by atoms with E-state index in [0.29, 0.717) is 11.4 Å². The molecule has 0 amide bonds. The minimum absolute atomic E-state index is 0.170. The van der Waals surface area contributed by atoms with Gasteiger partial charge in [0.2, 0.25) is 0 Å². The minimum Gasteiger partial charge on any atom is -0.480 e. The molecule has 0 saturated carbocycles. The van der Waals surface area contributed by atoms with E-state index in [1.807, 2.05) is 54.4 Å². The lowest BCUT2D eigenvalue weighted by molar-refractivity contribution is -0.142. The van der Waals surface area contributed by atoms with E-state index < -0.39 is 12.0 Å². The van der Waals surface area contributed by atoms with Crippen LogP contribution in [0.5, 0.6) is 0 Å². The maximum Gasteiger partial charge on any atom is 0.320 e. The maximum atomic E-state index is 11.6. The number of hydrogen-bond donors (Lipinski definition) is 1. The first-order valence-electron chi connectivity index (χ1n) is 7.73. The van der Waals surface area contributed by atoms with E-state index in [0.717, 1.165) is 29.8 Å². The first-order chi connectivity index (χ1) is 11.1. The number of likely N-dealkylation sites (tertiary alicyclic amines) is 1. The molecule has 4 nitrogen and oxygen atoms in total. The molecule has 1 aliphatic heterocycles. The SMILES string of the molecule is Cc1ccc(C(c2ccc(Cl)cc2)N2CCCC2C(=O)O)nc1. The van der Waals surface area contributed by atoms with E-state index in [2.05, 4.69) is 4.98 Å². The smallest absolute Gasteiger partial charge is 0.320 e. The van der Waals surface area contributed by atoms with Crippen LogP contribution in [0.3, 0.4) is 0 Å². The van der Waals surface area contributed by atoms with Gasteiger partial charge in [0.25, 0.3) is 0 Å². The molecule has 1 aliphatic rings. The molecule has 1 aromatic carbocycles. The van der Waals surface area contributed by atoms with Gasteiger partial charge in [-0.2, -0.15) is 0 Å². The van der Waals surface area contributed by atoms with E-state index >= 15 is 0 Å². The number of aromatic nitrogens is 1. The lowest BCUT2D eigenvalue weighted by Crippen LogP contribution is -2.39. The van der Waals surface area contributed by atoms with Gasteiger partial charge in [0.05, 0.1) is 11.7 Å². The highest BCUT2D eigenvalue weighted by Gasteiger charge is 2.37. The normalized spacial score (nSPS) is 19.7. The van der Waals surface area contributed by atoms with Crippen LogP contribution in [-0.2, 0) is 4.79 Å². The summed E-state index contributed by atoms with van der Waals surface area (Å²) < 4.78 is 0. The van der Waals surface area contributed by atoms with E-state index in [1.54, 1.807) is 0 Å². The van der Waals surface area contributed by atoms with Gasteiger partial charge in [-0.1, -0.05) is 29.8 Å². The van der Waals surface area contributed by atoms with Gasteiger partial charge in [0.15, 0.2) is 0 Å². The molecule has 1 saturated heterocycles. The van der Waals surface area contributed by atoms with Crippen molar-refractivity contribution < 1.29 is 9.90 Å². The number of halogens is 1. The van der Waals surface area contributed by atoms with Crippen molar-refractivity contribution in [2.75, 3.05) is 6.54 Å². The predicted molar refractivity (Wildman–Crippen MR) is 89.6 cm³/mol.